The maximum Gasteiger partial charge on any atom is 0.164 e. The zero-order valence-electron chi connectivity index (χ0n) is 7.43. The Morgan fingerprint density at radius 3 is 1.85 bits per heavy atom. The largest absolute Gasteiger partial charge is 0.209 e. The summed E-state index contributed by atoms with van der Waals surface area (Å²) < 4.78 is 50.1. The van der Waals surface area contributed by atoms with Crippen molar-refractivity contribution in [2.45, 2.75) is 20.3 Å². The molecule has 0 aliphatic heterocycles. The second-order valence-electron chi connectivity index (χ2n) is 2.42. The molecular weight excluding hydrogens is 184 g/mol. The minimum absolute atomic E-state index is 0.199. The van der Waals surface area contributed by atoms with Gasteiger partial charge in [-0.1, -0.05) is 13.5 Å². The smallest absolute Gasteiger partial charge is 0.164 e. The molecule has 0 N–H and O–H groups in total. The van der Waals surface area contributed by atoms with Crippen LogP contribution in [0.5, 0.6) is 0 Å². The standard InChI is InChI=1S/C9H10F4/c1-4-7(11)9(13)5(2)8(12)6(3)10/h3-4H2,1-2H3/b8-5+,9-7-. The van der Waals surface area contributed by atoms with Gasteiger partial charge in [0, 0.05) is 5.57 Å². The molecule has 0 fully saturated rings. The minimum Gasteiger partial charge on any atom is -0.209 e. The van der Waals surface area contributed by atoms with Crippen molar-refractivity contribution in [2.75, 3.05) is 0 Å². The Kier molecular flexibility index (Phi) is 4.45. The van der Waals surface area contributed by atoms with Crippen molar-refractivity contribution in [1.29, 1.82) is 0 Å². The predicted octanol–water partition coefficient (Wildman–Crippen LogP) is 4.27. The highest BCUT2D eigenvalue weighted by Crippen LogP contribution is 2.26. The fourth-order valence-corrected chi connectivity index (χ4v) is 0.658. The van der Waals surface area contributed by atoms with Crippen molar-refractivity contribution in [2.24, 2.45) is 0 Å². The first-order chi connectivity index (χ1) is 5.91. The van der Waals surface area contributed by atoms with Gasteiger partial charge in [-0.15, -0.1) is 0 Å². The van der Waals surface area contributed by atoms with E-state index in [0.29, 0.717) is 0 Å². The molecule has 0 nitrogen and oxygen atoms in total. The lowest BCUT2D eigenvalue weighted by Gasteiger charge is -2.00. The van der Waals surface area contributed by atoms with E-state index in [9.17, 15) is 17.6 Å². The van der Waals surface area contributed by atoms with Crippen molar-refractivity contribution in [3.05, 3.63) is 35.5 Å². The van der Waals surface area contributed by atoms with Crippen molar-refractivity contribution in [3.63, 3.8) is 0 Å². The first-order valence-corrected chi connectivity index (χ1v) is 3.67. The van der Waals surface area contributed by atoms with E-state index in [2.05, 4.69) is 6.58 Å². The average Bonchev–Trinajstić information content (AvgIpc) is 2.12. The molecule has 0 rings (SSSR count). The lowest BCUT2D eigenvalue weighted by atomic mass is 10.2. The first-order valence-electron chi connectivity index (χ1n) is 3.67. The minimum atomic E-state index is -1.46. The van der Waals surface area contributed by atoms with Gasteiger partial charge in [-0.3, -0.25) is 0 Å². The van der Waals surface area contributed by atoms with E-state index < -0.39 is 28.9 Å². The van der Waals surface area contributed by atoms with Gasteiger partial charge in [0.2, 0.25) is 0 Å². The third-order valence-corrected chi connectivity index (χ3v) is 1.45. The van der Waals surface area contributed by atoms with E-state index >= 15 is 0 Å². The summed E-state index contributed by atoms with van der Waals surface area (Å²) in [6, 6.07) is 0. The Hall–Kier alpha value is -1.06. The highest BCUT2D eigenvalue weighted by Gasteiger charge is 2.13. The normalized spacial score (nSPS) is 14.9. The molecule has 0 aromatic carbocycles. The molecule has 0 aliphatic rings. The first kappa shape index (κ1) is 11.9. The quantitative estimate of drug-likeness (QED) is 0.464. The molecule has 4 heteroatoms. The molecule has 0 aliphatic carbocycles. The molecule has 0 aromatic rings. The van der Waals surface area contributed by atoms with Crippen LogP contribution in [-0.4, -0.2) is 0 Å². The van der Waals surface area contributed by atoms with Crippen LogP contribution in [-0.2, 0) is 0 Å². The Morgan fingerprint density at radius 2 is 1.54 bits per heavy atom. The van der Waals surface area contributed by atoms with Crippen molar-refractivity contribution in [3.8, 4) is 0 Å². The number of hydrogen-bond donors (Lipinski definition) is 0. The van der Waals surface area contributed by atoms with E-state index in [-0.39, 0.29) is 6.42 Å². The van der Waals surface area contributed by atoms with Crippen molar-refractivity contribution >= 4 is 0 Å². The van der Waals surface area contributed by atoms with Crippen molar-refractivity contribution in [1.82, 2.24) is 0 Å². The van der Waals surface area contributed by atoms with Gasteiger partial charge in [-0.2, -0.15) is 0 Å². The summed E-state index contributed by atoms with van der Waals surface area (Å²) in [4.78, 5) is 0. The van der Waals surface area contributed by atoms with Crippen LogP contribution in [0, 0.1) is 0 Å². The van der Waals surface area contributed by atoms with Gasteiger partial charge in [0.15, 0.2) is 17.5 Å². The van der Waals surface area contributed by atoms with E-state index in [1.54, 1.807) is 0 Å². The lowest BCUT2D eigenvalue weighted by Crippen LogP contribution is -1.87. The Labute approximate surface area is 74.3 Å². The summed E-state index contributed by atoms with van der Waals surface area (Å²) in [6.45, 7) is 4.95. The second-order valence-corrected chi connectivity index (χ2v) is 2.42. The Balaban J connectivity index is 5.10. The molecule has 0 spiro atoms. The number of hydrogen-bond acceptors (Lipinski definition) is 0. The lowest BCUT2D eigenvalue weighted by molar-refractivity contribution is 0.502. The second kappa shape index (κ2) is 4.84. The van der Waals surface area contributed by atoms with Crippen LogP contribution in [0.4, 0.5) is 17.6 Å². The van der Waals surface area contributed by atoms with Gasteiger partial charge < -0.3 is 0 Å². The summed E-state index contributed by atoms with van der Waals surface area (Å²) in [6.07, 6.45) is -0.199. The summed E-state index contributed by atoms with van der Waals surface area (Å²) >= 11 is 0. The fourth-order valence-electron chi connectivity index (χ4n) is 0.658. The average molecular weight is 194 g/mol. The molecule has 0 bridgehead atoms. The highest BCUT2D eigenvalue weighted by atomic mass is 19.2. The third kappa shape index (κ3) is 3.05. The molecule has 74 valence electrons. The SMILES string of the molecule is C=C(F)/C(F)=C(C)\C(F)=C(\F)CC. The third-order valence-electron chi connectivity index (χ3n) is 1.45. The molecule has 0 saturated carbocycles. The van der Waals surface area contributed by atoms with Crippen LogP contribution in [0.3, 0.4) is 0 Å². The Bertz CT molecular complexity index is 273. The van der Waals surface area contributed by atoms with Crippen LogP contribution in [0.2, 0.25) is 0 Å². The predicted molar refractivity (Wildman–Crippen MR) is 43.6 cm³/mol. The number of allylic oxidation sites excluding steroid dienone is 5. The summed E-state index contributed by atoms with van der Waals surface area (Å²) in [7, 11) is 0. The zero-order chi connectivity index (χ0) is 10.6. The number of rotatable bonds is 3. The van der Waals surface area contributed by atoms with Crippen LogP contribution in [0.25, 0.3) is 0 Å². The molecular formula is C9H10F4. The molecule has 0 aromatic heterocycles. The summed E-state index contributed by atoms with van der Waals surface area (Å²) in [5.74, 6) is -5.33. The van der Waals surface area contributed by atoms with Crippen LogP contribution in [0.15, 0.2) is 35.5 Å². The topological polar surface area (TPSA) is 0 Å². The Morgan fingerprint density at radius 1 is 1.08 bits per heavy atom. The number of halogens is 4. The van der Waals surface area contributed by atoms with Gasteiger partial charge in [0.1, 0.15) is 5.83 Å². The molecule has 0 unspecified atom stereocenters. The maximum atomic E-state index is 12.8. The van der Waals surface area contributed by atoms with E-state index in [0.717, 1.165) is 6.92 Å². The van der Waals surface area contributed by atoms with Gasteiger partial charge >= 0.3 is 0 Å². The summed E-state index contributed by atoms with van der Waals surface area (Å²) in [5, 5.41) is 0. The molecule has 13 heavy (non-hydrogen) atoms. The van der Waals surface area contributed by atoms with Gasteiger partial charge in [0.25, 0.3) is 0 Å². The molecule has 0 saturated heterocycles. The van der Waals surface area contributed by atoms with Crippen LogP contribution < -0.4 is 0 Å². The van der Waals surface area contributed by atoms with Crippen LogP contribution >= 0.6 is 0 Å². The van der Waals surface area contributed by atoms with E-state index in [1.807, 2.05) is 0 Å². The summed E-state index contributed by atoms with van der Waals surface area (Å²) in [5.41, 5.74) is -0.702. The molecule has 0 amide bonds. The van der Waals surface area contributed by atoms with Gasteiger partial charge in [-0.05, 0) is 13.3 Å². The molecule has 0 radical (unpaired) electrons. The van der Waals surface area contributed by atoms with Crippen molar-refractivity contribution < 1.29 is 17.6 Å². The molecule has 0 heterocycles. The van der Waals surface area contributed by atoms with Gasteiger partial charge in [0.05, 0.1) is 0 Å². The van der Waals surface area contributed by atoms with E-state index in [1.165, 1.54) is 6.92 Å². The monoisotopic (exact) mass is 194 g/mol. The highest BCUT2D eigenvalue weighted by molar-refractivity contribution is 5.34. The van der Waals surface area contributed by atoms with Gasteiger partial charge in [-0.25, -0.2) is 17.6 Å². The van der Waals surface area contributed by atoms with Crippen LogP contribution in [0.1, 0.15) is 20.3 Å². The van der Waals surface area contributed by atoms with E-state index in [4.69, 9.17) is 0 Å². The molecule has 0 atom stereocenters. The zero-order valence-corrected chi connectivity index (χ0v) is 7.43. The fraction of sp³-hybridized carbons (Fsp3) is 0.333. The maximum absolute atomic E-state index is 12.8.